The van der Waals surface area contributed by atoms with Crippen molar-refractivity contribution in [2.75, 3.05) is 16.0 Å². The topological polar surface area (TPSA) is 83.1 Å². The van der Waals surface area contributed by atoms with Gasteiger partial charge in [0.25, 0.3) is 0 Å². The number of nitrogens with one attached hydrogen (secondary N) is 3. The number of amides is 3. The van der Waals surface area contributed by atoms with Crippen LogP contribution in [0.1, 0.15) is 5.69 Å². The van der Waals surface area contributed by atoms with Crippen molar-refractivity contribution in [1.29, 1.82) is 0 Å². The summed E-state index contributed by atoms with van der Waals surface area (Å²) in [6.07, 6.45) is -0.0520. The van der Waals surface area contributed by atoms with E-state index in [-0.39, 0.29) is 12.1 Å². The first kappa shape index (κ1) is 20.2. The fraction of sp³-hybridized carbons (Fsp3) is 0.0556. The van der Waals surface area contributed by atoms with Crippen molar-refractivity contribution in [3.8, 4) is 0 Å². The molecule has 0 aliphatic carbocycles. The summed E-state index contributed by atoms with van der Waals surface area (Å²) in [6.45, 7) is 0. The number of aromatic nitrogens is 1. The summed E-state index contributed by atoms with van der Waals surface area (Å²) in [5, 5.41) is 10.2. The molecule has 0 fully saturated rings. The molecule has 0 aliphatic rings. The second-order valence-electron chi connectivity index (χ2n) is 5.58. The largest absolute Gasteiger partial charge is 0.325 e. The van der Waals surface area contributed by atoms with Crippen molar-refractivity contribution in [2.24, 2.45) is 0 Å². The van der Waals surface area contributed by atoms with Gasteiger partial charge in [0.05, 0.1) is 17.8 Å². The van der Waals surface area contributed by atoms with Crippen molar-refractivity contribution < 1.29 is 14.0 Å². The monoisotopic (exact) mass is 482 g/mol. The Morgan fingerprint density at radius 2 is 1.96 bits per heavy atom. The molecule has 0 bridgehead atoms. The van der Waals surface area contributed by atoms with Crippen molar-refractivity contribution >= 4 is 67.3 Å². The molecule has 2 aromatic carbocycles. The second kappa shape index (κ2) is 9.13. The zero-order valence-corrected chi connectivity index (χ0v) is 17.3. The van der Waals surface area contributed by atoms with Crippen LogP contribution < -0.4 is 16.0 Å². The quantitative estimate of drug-likeness (QED) is 0.447. The van der Waals surface area contributed by atoms with Crippen LogP contribution in [0.25, 0.3) is 0 Å². The number of benzene rings is 2. The van der Waals surface area contributed by atoms with Gasteiger partial charge in [-0.2, -0.15) is 0 Å². The van der Waals surface area contributed by atoms with Gasteiger partial charge in [-0.15, -0.1) is 11.3 Å². The van der Waals surface area contributed by atoms with Gasteiger partial charge in [-0.1, -0.05) is 33.6 Å². The van der Waals surface area contributed by atoms with Gasteiger partial charge in [-0.05, 0) is 36.4 Å². The number of carbonyl (C=O) groups excluding carboxylic acids is 2. The van der Waals surface area contributed by atoms with Gasteiger partial charge >= 0.3 is 6.03 Å². The van der Waals surface area contributed by atoms with E-state index in [0.29, 0.717) is 26.0 Å². The zero-order chi connectivity index (χ0) is 20.1. The van der Waals surface area contributed by atoms with E-state index in [1.54, 1.807) is 35.7 Å². The number of urea groups is 1. The van der Waals surface area contributed by atoms with E-state index < -0.39 is 17.8 Å². The van der Waals surface area contributed by atoms with Gasteiger partial charge in [0.15, 0.2) is 5.13 Å². The average molecular weight is 484 g/mol. The molecule has 0 saturated heterocycles. The SMILES string of the molecule is O=C(Cc1csc(NC(=O)Nc2cccc(Cl)c2)n1)Nc1ccc(Br)cc1F. The molecule has 1 heterocycles. The van der Waals surface area contributed by atoms with E-state index >= 15 is 0 Å². The predicted octanol–water partition coefficient (Wildman–Crippen LogP) is 5.52. The van der Waals surface area contributed by atoms with Crippen molar-refractivity contribution in [3.05, 3.63) is 68.9 Å². The lowest BCUT2D eigenvalue weighted by Crippen LogP contribution is -2.19. The van der Waals surface area contributed by atoms with Gasteiger partial charge in [-0.3, -0.25) is 10.1 Å². The normalized spacial score (nSPS) is 10.4. The zero-order valence-electron chi connectivity index (χ0n) is 14.1. The van der Waals surface area contributed by atoms with Gasteiger partial charge in [0.1, 0.15) is 5.82 Å². The molecule has 0 spiro atoms. The second-order valence-corrected chi connectivity index (χ2v) is 7.79. The molecule has 28 heavy (non-hydrogen) atoms. The third kappa shape index (κ3) is 5.75. The van der Waals surface area contributed by atoms with Crippen LogP contribution in [0.2, 0.25) is 5.02 Å². The summed E-state index contributed by atoms with van der Waals surface area (Å²) in [4.78, 5) is 28.3. The minimum absolute atomic E-state index is 0.0520. The van der Waals surface area contributed by atoms with Crippen LogP contribution >= 0.6 is 38.9 Å². The molecule has 0 saturated carbocycles. The number of halogens is 3. The smallest absolute Gasteiger partial charge is 0.323 e. The van der Waals surface area contributed by atoms with Crippen LogP contribution in [0.15, 0.2) is 52.3 Å². The number of thiazole rings is 1. The molecule has 144 valence electrons. The van der Waals surface area contributed by atoms with E-state index in [4.69, 9.17) is 11.6 Å². The molecule has 3 aromatic rings. The fourth-order valence-corrected chi connectivity index (χ4v) is 3.45. The maximum absolute atomic E-state index is 13.8. The van der Waals surface area contributed by atoms with E-state index in [0.717, 1.165) is 0 Å². The van der Waals surface area contributed by atoms with E-state index in [1.807, 2.05) is 0 Å². The summed E-state index contributed by atoms with van der Waals surface area (Å²) in [5.41, 5.74) is 1.08. The standard InChI is InChI=1S/C18H13BrClFN4O2S/c19-10-4-5-15(14(21)6-10)24-16(26)8-13-9-28-18(23-13)25-17(27)22-12-3-1-2-11(20)7-12/h1-7,9H,8H2,(H,24,26)(H2,22,23,25,27). The number of hydrogen-bond donors (Lipinski definition) is 3. The Bertz CT molecular complexity index is 1030. The lowest BCUT2D eigenvalue weighted by molar-refractivity contribution is -0.115. The Hall–Kier alpha value is -2.49. The van der Waals surface area contributed by atoms with Crippen molar-refractivity contribution in [2.45, 2.75) is 6.42 Å². The van der Waals surface area contributed by atoms with Crippen LogP contribution in [-0.2, 0) is 11.2 Å². The lowest BCUT2D eigenvalue weighted by Gasteiger charge is -2.06. The first-order valence-corrected chi connectivity index (χ1v) is 9.97. The highest BCUT2D eigenvalue weighted by Crippen LogP contribution is 2.21. The Morgan fingerprint density at radius 3 is 2.71 bits per heavy atom. The fourth-order valence-electron chi connectivity index (χ4n) is 2.22. The van der Waals surface area contributed by atoms with E-state index in [2.05, 4.69) is 36.9 Å². The van der Waals surface area contributed by atoms with Crippen LogP contribution in [0.4, 0.5) is 25.7 Å². The predicted molar refractivity (Wildman–Crippen MR) is 113 cm³/mol. The molecule has 0 radical (unpaired) electrons. The first-order valence-electron chi connectivity index (χ1n) is 7.92. The number of rotatable bonds is 5. The molecule has 3 amide bonds. The Balaban J connectivity index is 1.54. The van der Waals surface area contributed by atoms with Crippen LogP contribution in [0.3, 0.4) is 0 Å². The number of carbonyl (C=O) groups is 2. The molecule has 3 N–H and O–H groups in total. The third-order valence-corrected chi connectivity index (χ3v) is 4.94. The summed E-state index contributed by atoms with van der Waals surface area (Å²) < 4.78 is 14.4. The molecule has 0 unspecified atom stereocenters. The summed E-state index contributed by atoms with van der Waals surface area (Å²) in [6, 6.07) is 10.6. The minimum atomic E-state index is -0.541. The minimum Gasteiger partial charge on any atom is -0.323 e. The summed E-state index contributed by atoms with van der Waals surface area (Å²) >= 11 is 10.2. The van der Waals surface area contributed by atoms with Gasteiger partial charge in [0, 0.05) is 20.6 Å². The Labute approximate surface area is 177 Å². The maximum atomic E-state index is 13.8. The number of anilines is 3. The Morgan fingerprint density at radius 1 is 1.14 bits per heavy atom. The first-order chi connectivity index (χ1) is 13.4. The summed E-state index contributed by atoms with van der Waals surface area (Å²) in [5.74, 6) is -0.956. The highest BCUT2D eigenvalue weighted by Gasteiger charge is 2.12. The van der Waals surface area contributed by atoms with Crippen LogP contribution in [-0.4, -0.2) is 16.9 Å². The molecule has 3 rings (SSSR count). The Kier molecular flexibility index (Phi) is 6.61. The molecule has 0 aliphatic heterocycles. The maximum Gasteiger partial charge on any atom is 0.325 e. The molecule has 6 nitrogen and oxygen atoms in total. The van der Waals surface area contributed by atoms with Crippen molar-refractivity contribution in [3.63, 3.8) is 0 Å². The number of nitrogens with zero attached hydrogens (tertiary/aromatic N) is 1. The van der Waals surface area contributed by atoms with Gasteiger partial charge < -0.3 is 10.6 Å². The average Bonchev–Trinajstić information content (AvgIpc) is 3.04. The van der Waals surface area contributed by atoms with E-state index in [1.165, 1.54) is 23.5 Å². The summed E-state index contributed by atoms with van der Waals surface area (Å²) in [7, 11) is 0. The van der Waals surface area contributed by atoms with Gasteiger partial charge in [0.2, 0.25) is 5.91 Å². The molecule has 1 aromatic heterocycles. The van der Waals surface area contributed by atoms with Crippen LogP contribution in [0.5, 0.6) is 0 Å². The highest BCUT2D eigenvalue weighted by molar-refractivity contribution is 9.10. The molecule has 10 heteroatoms. The third-order valence-electron chi connectivity index (χ3n) is 3.40. The molecule has 0 atom stereocenters. The molecular weight excluding hydrogens is 471 g/mol. The van der Waals surface area contributed by atoms with Gasteiger partial charge in [-0.25, -0.2) is 14.2 Å². The van der Waals surface area contributed by atoms with Crippen LogP contribution in [0, 0.1) is 5.82 Å². The molecular formula is C18H13BrClFN4O2S. The highest BCUT2D eigenvalue weighted by atomic mass is 79.9. The van der Waals surface area contributed by atoms with E-state index in [9.17, 15) is 14.0 Å². The van der Waals surface area contributed by atoms with Crippen molar-refractivity contribution in [1.82, 2.24) is 4.98 Å². The number of hydrogen-bond acceptors (Lipinski definition) is 4. The lowest BCUT2D eigenvalue weighted by atomic mass is 10.2.